The van der Waals surface area contributed by atoms with Crippen LogP contribution >= 0.6 is 0 Å². The molecule has 2 amide bonds. The molecule has 23 heavy (non-hydrogen) atoms. The minimum Gasteiger partial charge on any atom is -0.351 e. The molecule has 0 saturated carbocycles. The van der Waals surface area contributed by atoms with Gasteiger partial charge in [-0.2, -0.15) is 0 Å². The molecule has 0 bridgehead atoms. The number of aromatic nitrogens is 3. The molecule has 1 N–H and O–H groups in total. The number of likely N-dealkylation sites (tertiary alicyclic amines) is 1. The molecule has 1 fully saturated rings. The molecule has 1 aromatic heterocycles. The first kappa shape index (κ1) is 15.2. The fourth-order valence-corrected chi connectivity index (χ4v) is 2.58. The zero-order valence-corrected chi connectivity index (χ0v) is 12.8. The lowest BCUT2D eigenvalue weighted by Crippen LogP contribution is -2.30. The lowest BCUT2D eigenvalue weighted by Gasteiger charge is -2.14. The van der Waals surface area contributed by atoms with Gasteiger partial charge in [0.1, 0.15) is 0 Å². The first-order valence-electron chi connectivity index (χ1n) is 7.78. The summed E-state index contributed by atoms with van der Waals surface area (Å²) in [5.41, 5.74) is 1.14. The van der Waals surface area contributed by atoms with E-state index in [1.807, 2.05) is 35.2 Å². The normalized spacial score (nSPS) is 14.3. The Morgan fingerprint density at radius 2 is 2.09 bits per heavy atom. The number of rotatable bonds is 6. The van der Waals surface area contributed by atoms with Crippen molar-refractivity contribution in [3.63, 3.8) is 0 Å². The van der Waals surface area contributed by atoms with E-state index in [-0.39, 0.29) is 17.5 Å². The van der Waals surface area contributed by atoms with Gasteiger partial charge in [0.05, 0.1) is 11.9 Å². The van der Waals surface area contributed by atoms with Gasteiger partial charge in [0.2, 0.25) is 5.91 Å². The highest BCUT2D eigenvalue weighted by Crippen LogP contribution is 2.09. The third-order valence-electron chi connectivity index (χ3n) is 3.81. The van der Waals surface area contributed by atoms with Crippen LogP contribution in [0, 0.1) is 0 Å². The number of carbonyl (C=O) groups excluding carboxylic acids is 2. The number of amides is 2. The first-order chi connectivity index (χ1) is 11.2. The maximum absolute atomic E-state index is 12.0. The van der Waals surface area contributed by atoms with Gasteiger partial charge in [0.25, 0.3) is 5.91 Å². The van der Waals surface area contributed by atoms with Crippen LogP contribution in [0.4, 0.5) is 0 Å². The molecule has 0 aliphatic carbocycles. The molecule has 7 heteroatoms. The van der Waals surface area contributed by atoms with Crippen LogP contribution in [0.25, 0.3) is 5.69 Å². The van der Waals surface area contributed by atoms with Crippen LogP contribution in [0.15, 0.2) is 36.5 Å². The summed E-state index contributed by atoms with van der Waals surface area (Å²) in [4.78, 5) is 25.4. The first-order valence-corrected chi connectivity index (χ1v) is 7.78. The van der Waals surface area contributed by atoms with Gasteiger partial charge >= 0.3 is 0 Å². The van der Waals surface area contributed by atoms with Crippen LogP contribution in [-0.2, 0) is 4.79 Å². The Morgan fingerprint density at radius 3 is 2.83 bits per heavy atom. The SMILES string of the molecule is O=C(NCCCN1CCCC1=O)c1cn(-c2ccccc2)nn1. The second-order valence-corrected chi connectivity index (χ2v) is 5.48. The van der Waals surface area contributed by atoms with Crippen molar-refractivity contribution >= 4 is 11.8 Å². The summed E-state index contributed by atoms with van der Waals surface area (Å²) in [6.07, 6.45) is 3.93. The highest BCUT2D eigenvalue weighted by molar-refractivity contribution is 5.91. The summed E-state index contributed by atoms with van der Waals surface area (Å²) >= 11 is 0. The molecule has 1 aromatic carbocycles. The van der Waals surface area contributed by atoms with E-state index in [9.17, 15) is 9.59 Å². The van der Waals surface area contributed by atoms with Gasteiger partial charge in [-0.25, -0.2) is 4.68 Å². The van der Waals surface area contributed by atoms with Crippen LogP contribution in [0.3, 0.4) is 0 Å². The molecular formula is C16H19N5O2. The zero-order chi connectivity index (χ0) is 16.1. The molecule has 1 saturated heterocycles. The van der Waals surface area contributed by atoms with Crippen LogP contribution in [-0.4, -0.2) is 51.3 Å². The number of benzene rings is 1. The molecule has 120 valence electrons. The highest BCUT2D eigenvalue weighted by Gasteiger charge is 2.19. The Kier molecular flexibility index (Phi) is 4.65. The number of hydrogen-bond donors (Lipinski definition) is 1. The number of nitrogens with zero attached hydrogens (tertiary/aromatic N) is 4. The van der Waals surface area contributed by atoms with Crippen LogP contribution < -0.4 is 5.32 Å². The summed E-state index contributed by atoms with van der Waals surface area (Å²) in [5.74, 6) is -0.0398. The van der Waals surface area contributed by atoms with E-state index in [1.54, 1.807) is 10.9 Å². The number of nitrogens with one attached hydrogen (secondary N) is 1. The minimum atomic E-state index is -0.250. The predicted octanol–water partition coefficient (Wildman–Crippen LogP) is 1.01. The smallest absolute Gasteiger partial charge is 0.273 e. The maximum Gasteiger partial charge on any atom is 0.273 e. The largest absolute Gasteiger partial charge is 0.351 e. The zero-order valence-electron chi connectivity index (χ0n) is 12.8. The standard InChI is InChI=1S/C16H19N5O2/c22-15-8-4-10-20(15)11-5-9-17-16(23)14-12-21(19-18-14)13-6-2-1-3-7-13/h1-3,6-7,12H,4-5,8-11H2,(H,17,23). The lowest BCUT2D eigenvalue weighted by molar-refractivity contribution is -0.127. The number of carbonyl (C=O) groups is 2. The Balaban J connectivity index is 1.47. The molecule has 1 aliphatic rings. The van der Waals surface area contributed by atoms with E-state index in [0.717, 1.165) is 25.1 Å². The second kappa shape index (κ2) is 7.04. The van der Waals surface area contributed by atoms with Crippen molar-refractivity contribution < 1.29 is 9.59 Å². The van der Waals surface area contributed by atoms with Crippen molar-refractivity contribution in [3.8, 4) is 5.69 Å². The molecule has 0 radical (unpaired) electrons. The Labute approximate surface area is 134 Å². The van der Waals surface area contributed by atoms with Crippen LogP contribution in [0.1, 0.15) is 29.8 Å². The summed E-state index contributed by atoms with van der Waals surface area (Å²) in [5, 5.41) is 10.7. The van der Waals surface area contributed by atoms with E-state index in [0.29, 0.717) is 19.5 Å². The third kappa shape index (κ3) is 3.74. The Bertz CT molecular complexity index is 683. The highest BCUT2D eigenvalue weighted by atomic mass is 16.2. The van der Waals surface area contributed by atoms with Crippen molar-refractivity contribution in [1.29, 1.82) is 0 Å². The van der Waals surface area contributed by atoms with Gasteiger partial charge in [0.15, 0.2) is 5.69 Å². The van der Waals surface area contributed by atoms with Crippen LogP contribution in [0.2, 0.25) is 0 Å². The summed E-state index contributed by atoms with van der Waals surface area (Å²) in [7, 11) is 0. The molecule has 3 rings (SSSR count). The topological polar surface area (TPSA) is 80.1 Å². The van der Waals surface area contributed by atoms with E-state index in [4.69, 9.17) is 0 Å². The molecule has 1 aliphatic heterocycles. The van der Waals surface area contributed by atoms with Gasteiger partial charge in [0, 0.05) is 26.1 Å². The van der Waals surface area contributed by atoms with Crippen LogP contribution in [0.5, 0.6) is 0 Å². The van der Waals surface area contributed by atoms with Crippen molar-refractivity contribution in [1.82, 2.24) is 25.2 Å². The quantitative estimate of drug-likeness (QED) is 0.807. The van der Waals surface area contributed by atoms with E-state index in [2.05, 4.69) is 15.6 Å². The maximum atomic E-state index is 12.0. The molecular weight excluding hydrogens is 294 g/mol. The fourth-order valence-electron chi connectivity index (χ4n) is 2.58. The minimum absolute atomic E-state index is 0.210. The van der Waals surface area contributed by atoms with Gasteiger partial charge < -0.3 is 10.2 Å². The molecule has 2 aromatic rings. The Hall–Kier alpha value is -2.70. The third-order valence-corrected chi connectivity index (χ3v) is 3.81. The van der Waals surface area contributed by atoms with E-state index in [1.165, 1.54) is 0 Å². The van der Waals surface area contributed by atoms with Gasteiger partial charge in [-0.15, -0.1) is 5.10 Å². The van der Waals surface area contributed by atoms with Gasteiger partial charge in [-0.3, -0.25) is 9.59 Å². The van der Waals surface area contributed by atoms with Gasteiger partial charge in [-0.05, 0) is 25.0 Å². The fraction of sp³-hybridized carbons (Fsp3) is 0.375. The van der Waals surface area contributed by atoms with E-state index >= 15 is 0 Å². The predicted molar refractivity (Wildman–Crippen MR) is 84.1 cm³/mol. The molecule has 0 unspecified atom stereocenters. The lowest BCUT2D eigenvalue weighted by atomic mass is 10.3. The number of para-hydroxylation sites is 1. The molecule has 2 heterocycles. The summed E-state index contributed by atoms with van der Waals surface area (Å²) < 4.78 is 1.57. The van der Waals surface area contributed by atoms with E-state index < -0.39 is 0 Å². The monoisotopic (exact) mass is 313 g/mol. The van der Waals surface area contributed by atoms with Crippen molar-refractivity contribution in [2.75, 3.05) is 19.6 Å². The average molecular weight is 313 g/mol. The van der Waals surface area contributed by atoms with Crippen molar-refractivity contribution in [2.24, 2.45) is 0 Å². The van der Waals surface area contributed by atoms with Crippen molar-refractivity contribution in [2.45, 2.75) is 19.3 Å². The average Bonchev–Trinajstić information content (AvgIpc) is 3.22. The van der Waals surface area contributed by atoms with Crippen molar-refractivity contribution in [3.05, 3.63) is 42.2 Å². The van der Waals surface area contributed by atoms with Gasteiger partial charge in [-0.1, -0.05) is 23.4 Å². The second-order valence-electron chi connectivity index (χ2n) is 5.48. The summed E-state index contributed by atoms with van der Waals surface area (Å²) in [6, 6.07) is 9.50. The number of hydrogen-bond acceptors (Lipinski definition) is 4. The Morgan fingerprint density at radius 1 is 1.26 bits per heavy atom. The molecule has 0 atom stereocenters. The molecule has 0 spiro atoms. The summed E-state index contributed by atoms with van der Waals surface area (Å²) in [6.45, 7) is 2.04. The molecule has 7 nitrogen and oxygen atoms in total.